The summed E-state index contributed by atoms with van der Waals surface area (Å²) in [5.41, 5.74) is 0. The fourth-order valence-electron chi connectivity index (χ4n) is 2.99. The van der Waals surface area contributed by atoms with E-state index in [0.717, 1.165) is 78.7 Å². The van der Waals surface area contributed by atoms with Crippen molar-refractivity contribution >= 4 is 23.5 Å². The zero-order valence-corrected chi connectivity index (χ0v) is 17.9. The first-order valence-corrected chi connectivity index (χ1v) is 12.4. The molecule has 0 radical (unpaired) electrons. The van der Waals surface area contributed by atoms with Crippen LogP contribution in [0.25, 0.3) is 0 Å². The van der Waals surface area contributed by atoms with Crippen LogP contribution in [0.1, 0.15) is 0 Å². The maximum Gasteiger partial charge on any atom is 0.0701 e. The first kappa shape index (κ1) is 22.7. The van der Waals surface area contributed by atoms with Gasteiger partial charge in [0.1, 0.15) is 0 Å². The van der Waals surface area contributed by atoms with E-state index in [1.54, 1.807) is 0 Å². The Labute approximate surface area is 168 Å². The Morgan fingerprint density at radius 2 is 1.00 bits per heavy atom. The van der Waals surface area contributed by atoms with E-state index in [1.807, 2.05) is 0 Å². The Morgan fingerprint density at radius 3 is 1.50 bits per heavy atom. The van der Waals surface area contributed by atoms with E-state index in [1.165, 1.54) is 23.0 Å². The molecular formula is C18H38N4O2S2. The molecule has 0 spiro atoms. The van der Waals surface area contributed by atoms with Crippen molar-refractivity contribution in [3.63, 3.8) is 0 Å². The highest BCUT2D eigenvalue weighted by molar-refractivity contribution is 8.02. The van der Waals surface area contributed by atoms with E-state index in [-0.39, 0.29) is 0 Å². The third kappa shape index (κ3) is 12.0. The van der Waals surface area contributed by atoms with E-state index >= 15 is 0 Å². The van der Waals surface area contributed by atoms with Gasteiger partial charge in [-0.25, -0.2) is 0 Å². The molecule has 26 heavy (non-hydrogen) atoms. The summed E-state index contributed by atoms with van der Waals surface area (Å²) in [4.78, 5) is 5.07. The smallest absolute Gasteiger partial charge is 0.0701 e. The quantitative estimate of drug-likeness (QED) is 0.596. The molecule has 3 aliphatic rings. The molecule has 2 atom stereocenters. The lowest BCUT2D eigenvalue weighted by Crippen LogP contribution is -2.40. The highest BCUT2D eigenvalue weighted by Crippen LogP contribution is 2.08. The van der Waals surface area contributed by atoms with Crippen LogP contribution in [-0.4, -0.2) is 125 Å². The Morgan fingerprint density at radius 1 is 0.500 bits per heavy atom. The summed E-state index contributed by atoms with van der Waals surface area (Å²) in [6, 6.07) is 0. The van der Waals surface area contributed by atoms with Crippen LogP contribution in [0, 0.1) is 0 Å². The van der Waals surface area contributed by atoms with Crippen molar-refractivity contribution in [3.8, 4) is 0 Å². The molecule has 3 aliphatic heterocycles. The van der Waals surface area contributed by atoms with Crippen LogP contribution in [0.3, 0.4) is 0 Å². The van der Waals surface area contributed by atoms with Gasteiger partial charge in [-0.15, -0.1) is 0 Å². The summed E-state index contributed by atoms with van der Waals surface area (Å²) >= 11 is 4.19. The SMILES string of the molecule is C1CNCCN2CCOCCOCCN(CCN1)CCSCCSCC2. The average molecular weight is 407 g/mol. The molecule has 3 rings (SSSR count). The number of thioether (sulfide) groups is 2. The van der Waals surface area contributed by atoms with Gasteiger partial charge in [0.05, 0.1) is 26.4 Å². The second-order valence-electron chi connectivity index (χ2n) is 6.63. The lowest BCUT2D eigenvalue weighted by atomic mass is 10.4. The predicted molar refractivity (Wildman–Crippen MR) is 115 cm³/mol. The van der Waals surface area contributed by atoms with Crippen LogP contribution in [-0.2, 0) is 9.47 Å². The zero-order chi connectivity index (χ0) is 18.1. The summed E-state index contributed by atoms with van der Waals surface area (Å²) in [6.45, 7) is 13.8. The van der Waals surface area contributed by atoms with E-state index in [0.29, 0.717) is 13.2 Å². The molecule has 0 aromatic carbocycles. The monoisotopic (exact) mass is 406 g/mol. The van der Waals surface area contributed by atoms with Gasteiger partial charge in [-0.3, -0.25) is 9.80 Å². The van der Waals surface area contributed by atoms with E-state index in [9.17, 15) is 0 Å². The van der Waals surface area contributed by atoms with Crippen molar-refractivity contribution in [2.45, 2.75) is 0 Å². The van der Waals surface area contributed by atoms with E-state index < -0.39 is 0 Å². The number of fused-ring (bicyclic) bond motifs is 21. The van der Waals surface area contributed by atoms with E-state index in [4.69, 9.17) is 9.47 Å². The van der Waals surface area contributed by atoms with Crippen molar-refractivity contribution in [1.29, 1.82) is 0 Å². The van der Waals surface area contributed by atoms with E-state index in [2.05, 4.69) is 44.0 Å². The number of hydrogen-bond acceptors (Lipinski definition) is 8. The van der Waals surface area contributed by atoms with Gasteiger partial charge < -0.3 is 20.1 Å². The summed E-state index contributed by atoms with van der Waals surface area (Å²) in [6.07, 6.45) is 0. The van der Waals surface area contributed by atoms with Gasteiger partial charge in [0.2, 0.25) is 0 Å². The van der Waals surface area contributed by atoms with Crippen LogP contribution in [0.2, 0.25) is 0 Å². The van der Waals surface area contributed by atoms with Gasteiger partial charge in [-0.1, -0.05) is 0 Å². The van der Waals surface area contributed by atoms with Crippen LogP contribution >= 0.6 is 23.5 Å². The van der Waals surface area contributed by atoms with Gasteiger partial charge in [-0.05, 0) is 0 Å². The second-order valence-corrected chi connectivity index (χ2v) is 9.08. The summed E-state index contributed by atoms with van der Waals surface area (Å²) < 4.78 is 11.6. The molecule has 2 N–H and O–H groups in total. The Bertz CT molecular complexity index is 252. The first-order valence-electron chi connectivity index (χ1n) is 10.1. The number of ether oxygens (including phenoxy) is 2. The third-order valence-electron chi connectivity index (χ3n) is 4.64. The van der Waals surface area contributed by atoms with Gasteiger partial charge in [0.25, 0.3) is 0 Å². The standard InChI is InChI=1S/C18H38N4O2S2/c1-2-20-4-6-22-8-12-24-14-13-23-11-7-21(5-3-19-1)9-15-25-17-18-26-16-10-22/h19-20H,1-18H2. The molecule has 0 aromatic rings. The molecule has 0 amide bonds. The van der Waals surface area contributed by atoms with Gasteiger partial charge in [0, 0.05) is 88.5 Å². The zero-order valence-electron chi connectivity index (χ0n) is 16.3. The third-order valence-corrected chi connectivity index (χ3v) is 6.83. The molecule has 0 aliphatic carbocycles. The molecule has 2 unspecified atom stereocenters. The molecule has 3 saturated heterocycles. The largest absolute Gasteiger partial charge is 0.378 e. The molecule has 6 nitrogen and oxygen atoms in total. The molecule has 2 bridgehead atoms. The molecule has 8 heteroatoms. The molecule has 3 heterocycles. The minimum atomic E-state index is 0.707. The summed E-state index contributed by atoms with van der Waals surface area (Å²) in [5, 5.41) is 7.14. The molecule has 3 fully saturated rings. The molecule has 154 valence electrons. The number of nitrogens with one attached hydrogen (secondary N) is 2. The lowest BCUT2D eigenvalue weighted by Gasteiger charge is -2.24. The van der Waals surface area contributed by atoms with Crippen molar-refractivity contribution in [2.24, 2.45) is 0 Å². The van der Waals surface area contributed by atoms with Gasteiger partial charge in [0.15, 0.2) is 0 Å². The second kappa shape index (κ2) is 16.4. The topological polar surface area (TPSA) is 49.0 Å². The van der Waals surface area contributed by atoms with Crippen LogP contribution in [0.15, 0.2) is 0 Å². The van der Waals surface area contributed by atoms with Crippen molar-refractivity contribution in [3.05, 3.63) is 0 Å². The first-order chi connectivity index (χ1) is 12.9. The number of hydrogen-bond donors (Lipinski definition) is 2. The van der Waals surface area contributed by atoms with Crippen LogP contribution in [0.5, 0.6) is 0 Å². The number of rotatable bonds is 0. The van der Waals surface area contributed by atoms with Crippen molar-refractivity contribution < 1.29 is 9.47 Å². The highest BCUT2D eigenvalue weighted by atomic mass is 32.2. The Hall–Kier alpha value is 0.460. The van der Waals surface area contributed by atoms with Crippen LogP contribution in [0.4, 0.5) is 0 Å². The fourth-order valence-corrected chi connectivity index (χ4v) is 5.12. The summed E-state index contributed by atoms with van der Waals surface area (Å²) in [5.74, 6) is 4.96. The minimum absolute atomic E-state index is 0.707. The average Bonchev–Trinajstić information content (AvgIpc) is 2.65. The van der Waals surface area contributed by atoms with Gasteiger partial charge >= 0.3 is 0 Å². The highest BCUT2D eigenvalue weighted by Gasteiger charge is 2.08. The van der Waals surface area contributed by atoms with Crippen molar-refractivity contribution in [1.82, 2.24) is 20.4 Å². The summed E-state index contributed by atoms with van der Waals surface area (Å²) in [7, 11) is 0. The predicted octanol–water partition coefficient (Wildman–Crippen LogP) is 0.296. The van der Waals surface area contributed by atoms with Gasteiger partial charge in [-0.2, -0.15) is 23.5 Å². The Kier molecular flexibility index (Phi) is 14.4. The maximum atomic E-state index is 5.78. The molecular weight excluding hydrogens is 368 g/mol. The minimum Gasteiger partial charge on any atom is -0.378 e. The number of nitrogens with zero attached hydrogens (tertiary/aromatic N) is 2. The lowest BCUT2D eigenvalue weighted by molar-refractivity contribution is 0.0322. The molecule has 0 saturated carbocycles. The molecule has 0 aromatic heterocycles. The fraction of sp³-hybridized carbons (Fsp3) is 1.00. The van der Waals surface area contributed by atoms with Crippen LogP contribution < -0.4 is 10.6 Å². The maximum absolute atomic E-state index is 5.78. The van der Waals surface area contributed by atoms with Crippen molar-refractivity contribution in [2.75, 3.05) is 115 Å². The normalized spacial score (nSPS) is 30.5. The Balaban J connectivity index is 1.87.